The molecule has 0 fully saturated rings. The predicted octanol–water partition coefficient (Wildman–Crippen LogP) is 1.60. The van der Waals surface area contributed by atoms with Crippen molar-refractivity contribution in [3.8, 4) is 0 Å². The molecular weight excluding hydrogens is 169 g/mol. The molecule has 3 heteroatoms. The molecule has 0 aliphatic rings. The number of halogens is 1. The molecule has 1 aromatic rings. The van der Waals surface area contributed by atoms with Gasteiger partial charge in [-0.3, -0.25) is 0 Å². The zero-order valence-electron chi connectivity index (χ0n) is 7.41. The Labute approximate surface area is 77.2 Å². The van der Waals surface area contributed by atoms with Crippen molar-refractivity contribution in [3.63, 3.8) is 0 Å². The molecule has 1 atom stereocenters. The van der Waals surface area contributed by atoms with Gasteiger partial charge >= 0.3 is 0 Å². The fourth-order valence-corrected chi connectivity index (χ4v) is 1.16. The van der Waals surface area contributed by atoms with Crippen LogP contribution in [0.1, 0.15) is 24.5 Å². The van der Waals surface area contributed by atoms with Crippen molar-refractivity contribution in [1.82, 2.24) is 0 Å². The maximum Gasteiger partial charge on any atom is 0.123 e. The first-order valence-corrected chi connectivity index (χ1v) is 4.37. The van der Waals surface area contributed by atoms with Crippen LogP contribution in [0.4, 0.5) is 4.39 Å². The van der Waals surface area contributed by atoms with Gasteiger partial charge in [-0.05, 0) is 37.1 Å². The number of rotatable bonds is 4. The number of hydrogen-bond donors (Lipinski definition) is 2. The van der Waals surface area contributed by atoms with Crippen molar-refractivity contribution in [2.75, 3.05) is 6.54 Å². The van der Waals surface area contributed by atoms with E-state index in [1.165, 1.54) is 12.1 Å². The van der Waals surface area contributed by atoms with Crippen LogP contribution in [0.3, 0.4) is 0 Å². The first-order valence-electron chi connectivity index (χ1n) is 4.37. The van der Waals surface area contributed by atoms with Crippen molar-refractivity contribution < 1.29 is 9.50 Å². The Bertz CT molecular complexity index is 248. The van der Waals surface area contributed by atoms with Crippen LogP contribution < -0.4 is 5.73 Å². The molecule has 1 aromatic carbocycles. The molecule has 0 aliphatic carbocycles. The van der Waals surface area contributed by atoms with Crippen LogP contribution in [-0.2, 0) is 0 Å². The van der Waals surface area contributed by atoms with E-state index in [4.69, 9.17) is 5.73 Å². The highest BCUT2D eigenvalue weighted by Gasteiger charge is 2.05. The Kier molecular flexibility index (Phi) is 3.86. The molecule has 2 nitrogen and oxygen atoms in total. The molecule has 0 bridgehead atoms. The van der Waals surface area contributed by atoms with Gasteiger partial charge in [0, 0.05) is 0 Å². The number of nitrogens with two attached hydrogens (primary N) is 1. The van der Waals surface area contributed by atoms with Crippen LogP contribution in [0.25, 0.3) is 0 Å². The summed E-state index contributed by atoms with van der Waals surface area (Å²) in [6, 6.07) is 5.88. The minimum Gasteiger partial charge on any atom is -0.388 e. The number of benzene rings is 1. The van der Waals surface area contributed by atoms with Crippen molar-refractivity contribution in [3.05, 3.63) is 35.6 Å². The Balaban J connectivity index is 2.55. The Morgan fingerprint density at radius 2 is 1.92 bits per heavy atom. The molecule has 13 heavy (non-hydrogen) atoms. The normalized spacial score (nSPS) is 12.8. The van der Waals surface area contributed by atoms with Gasteiger partial charge in [0.2, 0.25) is 0 Å². The van der Waals surface area contributed by atoms with Gasteiger partial charge in [-0.25, -0.2) is 4.39 Å². The summed E-state index contributed by atoms with van der Waals surface area (Å²) in [7, 11) is 0. The van der Waals surface area contributed by atoms with Crippen LogP contribution in [0.15, 0.2) is 24.3 Å². The third kappa shape index (κ3) is 3.13. The summed E-state index contributed by atoms with van der Waals surface area (Å²) in [6.45, 7) is 0.568. The van der Waals surface area contributed by atoms with Gasteiger partial charge in [0.25, 0.3) is 0 Å². The fraction of sp³-hybridized carbons (Fsp3) is 0.400. The predicted molar refractivity (Wildman–Crippen MR) is 49.6 cm³/mol. The van der Waals surface area contributed by atoms with E-state index in [1.54, 1.807) is 12.1 Å². The summed E-state index contributed by atoms with van der Waals surface area (Å²) in [4.78, 5) is 0. The highest BCUT2D eigenvalue weighted by molar-refractivity contribution is 5.18. The van der Waals surface area contributed by atoms with E-state index in [9.17, 15) is 9.50 Å². The number of aliphatic hydroxyl groups is 1. The minimum atomic E-state index is -0.524. The largest absolute Gasteiger partial charge is 0.388 e. The molecule has 0 aliphatic heterocycles. The summed E-state index contributed by atoms with van der Waals surface area (Å²) in [5.41, 5.74) is 6.05. The van der Waals surface area contributed by atoms with Gasteiger partial charge in [0.15, 0.2) is 0 Å². The molecule has 0 heterocycles. The van der Waals surface area contributed by atoms with E-state index in [0.29, 0.717) is 13.0 Å². The summed E-state index contributed by atoms with van der Waals surface area (Å²) >= 11 is 0. The van der Waals surface area contributed by atoms with Crippen molar-refractivity contribution in [1.29, 1.82) is 0 Å². The maximum absolute atomic E-state index is 12.5. The van der Waals surface area contributed by atoms with Gasteiger partial charge in [-0.15, -0.1) is 0 Å². The molecule has 0 saturated heterocycles. The van der Waals surface area contributed by atoms with Crippen LogP contribution in [-0.4, -0.2) is 11.7 Å². The quantitative estimate of drug-likeness (QED) is 0.744. The number of hydrogen-bond acceptors (Lipinski definition) is 2. The molecule has 1 rings (SSSR count). The third-order valence-corrected chi connectivity index (χ3v) is 1.94. The second-order valence-electron chi connectivity index (χ2n) is 3.00. The lowest BCUT2D eigenvalue weighted by molar-refractivity contribution is 0.165. The SMILES string of the molecule is NCCC[C@H](O)c1ccc(F)cc1. The Morgan fingerprint density at radius 1 is 1.31 bits per heavy atom. The van der Waals surface area contributed by atoms with Gasteiger partial charge in [-0.1, -0.05) is 12.1 Å². The molecule has 0 spiro atoms. The minimum absolute atomic E-state index is 0.283. The van der Waals surface area contributed by atoms with Crippen molar-refractivity contribution in [2.24, 2.45) is 5.73 Å². The van der Waals surface area contributed by atoms with E-state index in [2.05, 4.69) is 0 Å². The molecule has 72 valence electrons. The highest BCUT2D eigenvalue weighted by atomic mass is 19.1. The zero-order valence-corrected chi connectivity index (χ0v) is 7.41. The molecule has 0 aromatic heterocycles. The summed E-state index contributed by atoms with van der Waals surface area (Å²) in [5, 5.41) is 9.56. The Hall–Kier alpha value is -0.930. The lowest BCUT2D eigenvalue weighted by Gasteiger charge is -2.09. The van der Waals surface area contributed by atoms with Gasteiger partial charge < -0.3 is 10.8 Å². The van der Waals surface area contributed by atoms with Gasteiger partial charge in [0.1, 0.15) is 5.82 Å². The highest BCUT2D eigenvalue weighted by Crippen LogP contribution is 2.17. The molecular formula is C10H14FNO. The fourth-order valence-electron chi connectivity index (χ4n) is 1.16. The van der Waals surface area contributed by atoms with E-state index in [0.717, 1.165) is 12.0 Å². The summed E-state index contributed by atoms with van der Waals surface area (Å²) < 4.78 is 12.5. The first kappa shape index (κ1) is 10.2. The molecule has 0 amide bonds. The monoisotopic (exact) mass is 183 g/mol. The van der Waals surface area contributed by atoms with Crippen molar-refractivity contribution >= 4 is 0 Å². The van der Waals surface area contributed by atoms with E-state index in [-0.39, 0.29) is 5.82 Å². The average molecular weight is 183 g/mol. The Morgan fingerprint density at radius 3 is 2.46 bits per heavy atom. The van der Waals surface area contributed by atoms with Crippen molar-refractivity contribution in [2.45, 2.75) is 18.9 Å². The standard InChI is InChI=1S/C10H14FNO/c11-9-5-3-8(4-6-9)10(13)2-1-7-12/h3-6,10,13H,1-2,7,12H2/t10-/m0/s1. The lowest BCUT2D eigenvalue weighted by atomic mass is 10.1. The average Bonchev–Trinajstić information content (AvgIpc) is 2.15. The second kappa shape index (κ2) is 4.94. The smallest absolute Gasteiger partial charge is 0.123 e. The number of aliphatic hydroxyl groups excluding tert-OH is 1. The molecule has 0 unspecified atom stereocenters. The summed E-state index contributed by atoms with van der Waals surface area (Å²) in [6.07, 6.45) is 0.880. The van der Waals surface area contributed by atoms with Gasteiger partial charge in [-0.2, -0.15) is 0 Å². The topological polar surface area (TPSA) is 46.2 Å². The molecule has 0 radical (unpaired) electrons. The van der Waals surface area contributed by atoms with Crippen LogP contribution in [0.5, 0.6) is 0 Å². The lowest BCUT2D eigenvalue weighted by Crippen LogP contribution is -2.03. The summed E-state index contributed by atoms with van der Waals surface area (Å²) in [5.74, 6) is -0.283. The third-order valence-electron chi connectivity index (χ3n) is 1.94. The van der Waals surface area contributed by atoms with Crippen LogP contribution >= 0.6 is 0 Å². The van der Waals surface area contributed by atoms with E-state index >= 15 is 0 Å². The molecule has 0 saturated carbocycles. The van der Waals surface area contributed by atoms with Crippen LogP contribution in [0, 0.1) is 5.82 Å². The maximum atomic E-state index is 12.5. The first-order chi connectivity index (χ1) is 6.24. The van der Waals surface area contributed by atoms with E-state index < -0.39 is 6.10 Å². The second-order valence-corrected chi connectivity index (χ2v) is 3.00. The molecule has 3 N–H and O–H groups in total. The van der Waals surface area contributed by atoms with E-state index in [1.807, 2.05) is 0 Å². The van der Waals surface area contributed by atoms with Gasteiger partial charge in [0.05, 0.1) is 6.10 Å². The zero-order chi connectivity index (χ0) is 9.68. The van der Waals surface area contributed by atoms with Crippen LogP contribution in [0.2, 0.25) is 0 Å².